The number of carbonyl (C=O) groups is 1. The Hall–Kier alpha value is -1.69. The van der Waals surface area contributed by atoms with Crippen LogP contribution in [0.3, 0.4) is 0 Å². The lowest BCUT2D eigenvalue weighted by molar-refractivity contribution is -0.130. The zero-order valence-electron chi connectivity index (χ0n) is 18.5. The Morgan fingerprint density at radius 3 is 2.37 bits per heavy atom. The highest BCUT2D eigenvalue weighted by Crippen LogP contribution is 2.09. The van der Waals surface area contributed by atoms with E-state index < -0.39 is 0 Å². The lowest BCUT2D eigenvalue weighted by Gasteiger charge is -2.34. The maximum atomic E-state index is 12.1. The molecule has 0 radical (unpaired) electrons. The molecule has 1 aliphatic heterocycles. The van der Waals surface area contributed by atoms with Crippen LogP contribution in [0.2, 0.25) is 0 Å². The highest BCUT2D eigenvalue weighted by Gasteiger charge is 2.18. The molecule has 2 heterocycles. The summed E-state index contributed by atoms with van der Waals surface area (Å²) in [5.74, 6) is 1.76. The lowest BCUT2D eigenvalue weighted by atomic mass is 10.3. The van der Waals surface area contributed by atoms with E-state index in [1.807, 2.05) is 31.7 Å². The summed E-state index contributed by atoms with van der Waals surface area (Å²) in [4.78, 5) is 31.9. The molecule has 10 heteroatoms. The van der Waals surface area contributed by atoms with E-state index >= 15 is 0 Å². The molecule has 9 nitrogen and oxygen atoms in total. The molecule has 2 rings (SSSR count). The molecule has 1 fully saturated rings. The van der Waals surface area contributed by atoms with Crippen LogP contribution in [-0.4, -0.2) is 97.1 Å². The van der Waals surface area contributed by atoms with Gasteiger partial charge in [-0.1, -0.05) is 0 Å². The van der Waals surface area contributed by atoms with Crippen LogP contribution in [-0.2, 0) is 4.79 Å². The Morgan fingerprint density at radius 1 is 1.10 bits per heavy atom. The van der Waals surface area contributed by atoms with E-state index in [9.17, 15) is 4.79 Å². The Morgan fingerprint density at radius 2 is 1.77 bits per heavy atom. The fourth-order valence-electron chi connectivity index (χ4n) is 3.29. The molecule has 1 amide bonds. The summed E-state index contributed by atoms with van der Waals surface area (Å²) >= 11 is 0. The molecule has 1 aliphatic rings. The van der Waals surface area contributed by atoms with Crippen LogP contribution in [0.4, 0.5) is 5.95 Å². The van der Waals surface area contributed by atoms with E-state index in [0.717, 1.165) is 70.8 Å². The Bertz CT molecular complexity index is 618. The van der Waals surface area contributed by atoms with Gasteiger partial charge in [0.25, 0.3) is 0 Å². The summed E-state index contributed by atoms with van der Waals surface area (Å²) in [6, 6.07) is 1.84. The SMILES string of the molecule is CCNC(=NCCN1CCN(c2ncccn2)CC1)NCCC(=O)N(CC)CC.I. The Balaban J connectivity index is 0.00000450. The first kappa shape index (κ1) is 26.3. The molecule has 1 saturated heterocycles. The second-order valence-corrected chi connectivity index (χ2v) is 6.88. The van der Waals surface area contributed by atoms with Crippen LogP contribution >= 0.6 is 24.0 Å². The van der Waals surface area contributed by atoms with Crippen LogP contribution in [0.1, 0.15) is 27.2 Å². The van der Waals surface area contributed by atoms with Crippen molar-refractivity contribution in [1.82, 2.24) is 30.4 Å². The van der Waals surface area contributed by atoms with E-state index in [4.69, 9.17) is 0 Å². The van der Waals surface area contributed by atoms with Gasteiger partial charge in [0, 0.05) is 77.7 Å². The first-order valence-corrected chi connectivity index (χ1v) is 10.7. The van der Waals surface area contributed by atoms with Crippen molar-refractivity contribution in [3.63, 3.8) is 0 Å². The van der Waals surface area contributed by atoms with Crippen molar-refractivity contribution >= 4 is 41.8 Å². The first-order valence-electron chi connectivity index (χ1n) is 10.7. The second-order valence-electron chi connectivity index (χ2n) is 6.88. The lowest BCUT2D eigenvalue weighted by Crippen LogP contribution is -2.48. The summed E-state index contributed by atoms with van der Waals surface area (Å²) in [5.41, 5.74) is 0. The number of anilines is 1. The third-order valence-corrected chi connectivity index (χ3v) is 4.99. The number of carbonyl (C=O) groups excluding carboxylic acids is 1. The quantitative estimate of drug-likeness (QED) is 0.265. The van der Waals surface area contributed by atoms with Gasteiger partial charge in [-0.2, -0.15) is 0 Å². The average Bonchev–Trinajstić information content (AvgIpc) is 2.76. The second kappa shape index (κ2) is 15.2. The third kappa shape index (κ3) is 8.99. The van der Waals surface area contributed by atoms with Crippen molar-refractivity contribution in [2.45, 2.75) is 27.2 Å². The molecule has 0 spiro atoms. The van der Waals surface area contributed by atoms with Gasteiger partial charge in [-0.3, -0.25) is 14.7 Å². The minimum absolute atomic E-state index is 0. The van der Waals surface area contributed by atoms with E-state index in [0.29, 0.717) is 13.0 Å². The number of aliphatic imine (C=N–C) groups is 1. The van der Waals surface area contributed by atoms with Gasteiger partial charge in [0.1, 0.15) is 0 Å². The number of hydrogen-bond donors (Lipinski definition) is 2. The highest BCUT2D eigenvalue weighted by atomic mass is 127. The van der Waals surface area contributed by atoms with E-state index in [-0.39, 0.29) is 29.9 Å². The van der Waals surface area contributed by atoms with Crippen molar-refractivity contribution in [2.75, 3.05) is 70.3 Å². The number of amides is 1. The van der Waals surface area contributed by atoms with Gasteiger partial charge in [0.05, 0.1) is 6.54 Å². The normalized spacial score (nSPS) is 14.8. The molecule has 1 aromatic rings. The molecule has 0 bridgehead atoms. The zero-order valence-corrected chi connectivity index (χ0v) is 20.8. The fourth-order valence-corrected chi connectivity index (χ4v) is 3.29. The molecule has 2 N–H and O–H groups in total. The Labute approximate surface area is 197 Å². The van der Waals surface area contributed by atoms with Crippen molar-refractivity contribution in [1.29, 1.82) is 0 Å². The number of hydrogen-bond acceptors (Lipinski definition) is 6. The largest absolute Gasteiger partial charge is 0.357 e. The molecule has 30 heavy (non-hydrogen) atoms. The highest BCUT2D eigenvalue weighted by molar-refractivity contribution is 14.0. The van der Waals surface area contributed by atoms with Crippen LogP contribution < -0.4 is 15.5 Å². The molecule has 170 valence electrons. The van der Waals surface area contributed by atoms with E-state index in [1.165, 1.54) is 0 Å². The maximum absolute atomic E-state index is 12.1. The van der Waals surface area contributed by atoms with Crippen molar-refractivity contribution in [3.8, 4) is 0 Å². The smallest absolute Gasteiger partial charge is 0.225 e. The number of nitrogens with zero attached hydrogens (tertiary/aromatic N) is 6. The maximum Gasteiger partial charge on any atom is 0.225 e. The molecule has 1 aromatic heterocycles. The Kier molecular flexibility index (Phi) is 13.3. The van der Waals surface area contributed by atoms with Crippen molar-refractivity contribution in [2.24, 2.45) is 4.99 Å². The molecule has 0 aliphatic carbocycles. The zero-order chi connectivity index (χ0) is 20.9. The van der Waals surface area contributed by atoms with Crippen LogP contribution in [0.25, 0.3) is 0 Å². The topological polar surface area (TPSA) is 89.0 Å². The first-order chi connectivity index (χ1) is 14.2. The summed E-state index contributed by atoms with van der Waals surface area (Å²) in [7, 11) is 0. The molecular formula is C20H37IN8O. The number of nitrogens with one attached hydrogen (secondary N) is 2. The van der Waals surface area contributed by atoms with Crippen LogP contribution in [0.5, 0.6) is 0 Å². The van der Waals surface area contributed by atoms with E-state index in [2.05, 4.69) is 35.4 Å². The van der Waals surface area contributed by atoms with Crippen LogP contribution in [0, 0.1) is 0 Å². The molecule has 0 unspecified atom stereocenters. The van der Waals surface area contributed by atoms with Gasteiger partial charge >= 0.3 is 0 Å². The van der Waals surface area contributed by atoms with E-state index in [1.54, 1.807) is 12.4 Å². The predicted molar refractivity (Wildman–Crippen MR) is 133 cm³/mol. The van der Waals surface area contributed by atoms with Gasteiger partial charge in [-0.25, -0.2) is 9.97 Å². The van der Waals surface area contributed by atoms with Crippen molar-refractivity contribution < 1.29 is 4.79 Å². The molecule has 0 saturated carbocycles. The van der Waals surface area contributed by atoms with Gasteiger partial charge < -0.3 is 20.4 Å². The van der Waals surface area contributed by atoms with Crippen LogP contribution in [0.15, 0.2) is 23.5 Å². The number of rotatable bonds is 10. The minimum Gasteiger partial charge on any atom is -0.357 e. The fraction of sp³-hybridized carbons (Fsp3) is 0.700. The molecular weight excluding hydrogens is 495 g/mol. The number of halogens is 1. The molecule has 0 atom stereocenters. The summed E-state index contributed by atoms with van der Waals surface area (Å²) in [5, 5.41) is 6.52. The number of guanidine groups is 1. The van der Waals surface area contributed by atoms with Gasteiger partial charge in [0.2, 0.25) is 11.9 Å². The monoisotopic (exact) mass is 532 g/mol. The average molecular weight is 532 g/mol. The van der Waals surface area contributed by atoms with Gasteiger partial charge in [-0.15, -0.1) is 24.0 Å². The predicted octanol–water partition coefficient (Wildman–Crippen LogP) is 1.03. The minimum atomic E-state index is 0. The third-order valence-electron chi connectivity index (χ3n) is 4.99. The summed E-state index contributed by atoms with van der Waals surface area (Å²) in [6.07, 6.45) is 4.05. The van der Waals surface area contributed by atoms with Gasteiger partial charge in [0.15, 0.2) is 5.96 Å². The molecule has 0 aromatic carbocycles. The number of piperazine rings is 1. The standard InChI is InChI=1S/C20H36N8O.HI/c1-4-21-19(22-11-8-18(29)27(5-2)6-3)23-12-13-26-14-16-28(17-15-26)20-24-9-7-10-25-20;/h7,9-10H,4-6,8,11-17H2,1-3H3,(H2,21,22,23);1H. The van der Waals surface area contributed by atoms with Gasteiger partial charge in [-0.05, 0) is 26.8 Å². The summed E-state index contributed by atoms with van der Waals surface area (Å²) < 4.78 is 0. The number of aromatic nitrogens is 2. The van der Waals surface area contributed by atoms with Crippen molar-refractivity contribution in [3.05, 3.63) is 18.5 Å². The summed E-state index contributed by atoms with van der Waals surface area (Å²) in [6.45, 7) is 14.4.